The van der Waals surface area contributed by atoms with E-state index in [1.807, 2.05) is 0 Å². The molecule has 4 atom stereocenters. The van der Waals surface area contributed by atoms with Crippen LogP contribution in [0.5, 0.6) is 0 Å². The second kappa shape index (κ2) is 6.19. The molecule has 2 aliphatic rings. The first-order valence-corrected chi connectivity index (χ1v) is 7.62. The lowest BCUT2D eigenvalue weighted by molar-refractivity contribution is 0.125. The van der Waals surface area contributed by atoms with E-state index in [1.165, 1.54) is 57.9 Å². The molecular weight excluding hydrogens is 208 g/mol. The average molecular weight is 238 g/mol. The van der Waals surface area contributed by atoms with Crippen LogP contribution >= 0.6 is 0 Å². The fraction of sp³-hybridized carbons (Fsp3) is 1.00. The predicted molar refractivity (Wildman–Crippen MR) is 74.0 cm³/mol. The van der Waals surface area contributed by atoms with Gasteiger partial charge in [0.25, 0.3) is 0 Å². The Labute approximate surface area is 107 Å². The van der Waals surface area contributed by atoms with E-state index >= 15 is 0 Å². The van der Waals surface area contributed by atoms with Crippen LogP contribution in [0.4, 0.5) is 0 Å². The molecule has 0 amide bonds. The van der Waals surface area contributed by atoms with Gasteiger partial charge >= 0.3 is 0 Å². The highest BCUT2D eigenvalue weighted by molar-refractivity contribution is 4.83. The minimum Gasteiger partial charge on any atom is -0.327 e. The van der Waals surface area contributed by atoms with Gasteiger partial charge in [-0.2, -0.15) is 0 Å². The lowest BCUT2D eigenvalue weighted by Crippen LogP contribution is -2.44. The Morgan fingerprint density at radius 1 is 1.06 bits per heavy atom. The van der Waals surface area contributed by atoms with Gasteiger partial charge in [0.1, 0.15) is 0 Å². The molecule has 0 aliphatic heterocycles. The molecule has 17 heavy (non-hydrogen) atoms. The van der Waals surface area contributed by atoms with Crippen LogP contribution in [0.25, 0.3) is 0 Å². The van der Waals surface area contributed by atoms with E-state index in [1.54, 1.807) is 0 Å². The van der Waals surface area contributed by atoms with Crippen molar-refractivity contribution < 1.29 is 0 Å². The van der Waals surface area contributed by atoms with Crippen molar-refractivity contribution in [2.75, 3.05) is 13.6 Å². The van der Waals surface area contributed by atoms with Crippen LogP contribution in [0.3, 0.4) is 0 Å². The lowest BCUT2D eigenvalue weighted by atomic mass is 9.83. The van der Waals surface area contributed by atoms with Gasteiger partial charge in [0.15, 0.2) is 0 Å². The van der Waals surface area contributed by atoms with Gasteiger partial charge in [0.05, 0.1) is 0 Å². The maximum Gasteiger partial charge on any atom is 0.00948 e. The van der Waals surface area contributed by atoms with Crippen LogP contribution < -0.4 is 5.73 Å². The van der Waals surface area contributed by atoms with Crippen molar-refractivity contribution in [1.82, 2.24) is 4.90 Å². The Kier molecular flexibility index (Phi) is 4.87. The second-order valence-corrected chi connectivity index (χ2v) is 6.57. The van der Waals surface area contributed by atoms with Gasteiger partial charge < -0.3 is 10.6 Å². The monoisotopic (exact) mass is 238 g/mol. The van der Waals surface area contributed by atoms with Gasteiger partial charge in [-0.25, -0.2) is 0 Å². The molecular formula is C15H30N2. The van der Waals surface area contributed by atoms with E-state index in [0.717, 1.165) is 17.9 Å². The number of nitrogens with zero attached hydrogens (tertiary/aromatic N) is 1. The number of hydrogen-bond donors (Lipinski definition) is 1. The standard InChI is InChI=1S/C15H30N2/c1-12-6-5-8-14(10-12)17(2)11-13-7-3-4-9-15(13)16/h12-15H,3-11,16H2,1-2H3. The molecule has 0 radical (unpaired) electrons. The molecule has 4 unspecified atom stereocenters. The Morgan fingerprint density at radius 3 is 2.53 bits per heavy atom. The van der Waals surface area contributed by atoms with E-state index in [-0.39, 0.29) is 0 Å². The molecule has 0 saturated heterocycles. The summed E-state index contributed by atoms with van der Waals surface area (Å²) in [5, 5.41) is 0. The van der Waals surface area contributed by atoms with Crippen molar-refractivity contribution in [3.63, 3.8) is 0 Å². The van der Waals surface area contributed by atoms with Crippen LogP contribution in [0.1, 0.15) is 58.3 Å². The third kappa shape index (κ3) is 3.69. The average Bonchev–Trinajstić information content (AvgIpc) is 2.32. The Morgan fingerprint density at radius 2 is 1.82 bits per heavy atom. The van der Waals surface area contributed by atoms with E-state index in [4.69, 9.17) is 5.73 Å². The van der Waals surface area contributed by atoms with Gasteiger partial charge in [0.2, 0.25) is 0 Å². The van der Waals surface area contributed by atoms with Gasteiger partial charge in [-0.1, -0.05) is 32.6 Å². The third-order valence-corrected chi connectivity index (χ3v) is 5.02. The fourth-order valence-corrected chi connectivity index (χ4v) is 3.78. The summed E-state index contributed by atoms with van der Waals surface area (Å²) in [6.45, 7) is 3.64. The molecule has 2 fully saturated rings. The van der Waals surface area contributed by atoms with E-state index in [0.29, 0.717) is 6.04 Å². The summed E-state index contributed by atoms with van der Waals surface area (Å²) in [6, 6.07) is 1.29. The fourth-order valence-electron chi connectivity index (χ4n) is 3.78. The van der Waals surface area contributed by atoms with Crippen molar-refractivity contribution in [2.45, 2.75) is 70.4 Å². The maximum atomic E-state index is 6.26. The van der Waals surface area contributed by atoms with Crippen LogP contribution in [0, 0.1) is 11.8 Å². The summed E-state index contributed by atoms with van der Waals surface area (Å²) < 4.78 is 0. The molecule has 2 rings (SSSR count). The molecule has 0 aromatic rings. The molecule has 0 aromatic carbocycles. The van der Waals surface area contributed by atoms with Crippen LogP contribution in [-0.2, 0) is 0 Å². The molecule has 2 N–H and O–H groups in total. The third-order valence-electron chi connectivity index (χ3n) is 5.02. The van der Waals surface area contributed by atoms with E-state index in [9.17, 15) is 0 Å². The van der Waals surface area contributed by atoms with E-state index in [2.05, 4.69) is 18.9 Å². The minimum atomic E-state index is 0.465. The highest BCUT2D eigenvalue weighted by atomic mass is 15.1. The molecule has 0 spiro atoms. The number of hydrogen-bond acceptors (Lipinski definition) is 2. The van der Waals surface area contributed by atoms with Crippen molar-refractivity contribution in [2.24, 2.45) is 17.6 Å². The number of nitrogens with two attached hydrogens (primary N) is 1. The van der Waals surface area contributed by atoms with Gasteiger partial charge in [-0.3, -0.25) is 0 Å². The molecule has 2 aliphatic carbocycles. The summed E-state index contributed by atoms with van der Waals surface area (Å²) >= 11 is 0. The molecule has 0 heterocycles. The quantitative estimate of drug-likeness (QED) is 0.819. The largest absolute Gasteiger partial charge is 0.327 e. The van der Waals surface area contributed by atoms with E-state index < -0.39 is 0 Å². The highest BCUT2D eigenvalue weighted by Crippen LogP contribution is 2.29. The first-order chi connectivity index (χ1) is 8.16. The zero-order valence-electron chi connectivity index (χ0n) is 11.7. The summed E-state index contributed by atoms with van der Waals surface area (Å²) in [7, 11) is 2.32. The first kappa shape index (κ1) is 13.4. The van der Waals surface area contributed by atoms with Gasteiger partial charge in [0, 0.05) is 18.6 Å². The lowest BCUT2D eigenvalue weighted by Gasteiger charge is -2.38. The van der Waals surface area contributed by atoms with Crippen molar-refractivity contribution in [3.05, 3.63) is 0 Å². The summed E-state index contributed by atoms with van der Waals surface area (Å²) in [5.41, 5.74) is 6.26. The first-order valence-electron chi connectivity index (χ1n) is 7.62. The summed E-state index contributed by atoms with van der Waals surface area (Å²) in [4.78, 5) is 2.62. The van der Waals surface area contributed by atoms with Crippen molar-refractivity contribution in [3.8, 4) is 0 Å². The zero-order chi connectivity index (χ0) is 12.3. The summed E-state index contributed by atoms with van der Waals surface area (Å²) in [5.74, 6) is 1.68. The van der Waals surface area contributed by atoms with Crippen molar-refractivity contribution >= 4 is 0 Å². The maximum absolute atomic E-state index is 6.26. The molecule has 0 aromatic heterocycles. The summed E-state index contributed by atoms with van der Waals surface area (Å²) in [6.07, 6.45) is 11.0. The Bertz CT molecular complexity index is 229. The molecule has 2 heteroatoms. The molecule has 2 nitrogen and oxygen atoms in total. The Balaban J connectivity index is 1.80. The second-order valence-electron chi connectivity index (χ2n) is 6.57. The van der Waals surface area contributed by atoms with Crippen LogP contribution in [0.2, 0.25) is 0 Å². The molecule has 100 valence electrons. The highest BCUT2D eigenvalue weighted by Gasteiger charge is 2.27. The van der Waals surface area contributed by atoms with Crippen LogP contribution in [-0.4, -0.2) is 30.6 Å². The van der Waals surface area contributed by atoms with Gasteiger partial charge in [-0.05, 0) is 44.6 Å². The SMILES string of the molecule is CC1CCCC(N(C)CC2CCCCC2N)C1. The number of rotatable bonds is 3. The van der Waals surface area contributed by atoms with Crippen LogP contribution in [0.15, 0.2) is 0 Å². The Hall–Kier alpha value is -0.0800. The smallest absolute Gasteiger partial charge is 0.00948 e. The van der Waals surface area contributed by atoms with Gasteiger partial charge in [-0.15, -0.1) is 0 Å². The molecule has 2 saturated carbocycles. The normalized spacial score (nSPS) is 39.5. The van der Waals surface area contributed by atoms with Crippen molar-refractivity contribution in [1.29, 1.82) is 0 Å². The molecule has 0 bridgehead atoms. The topological polar surface area (TPSA) is 29.3 Å². The minimum absolute atomic E-state index is 0.465. The predicted octanol–water partition coefficient (Wildman–Crippen LogP) is 3.01. The zero-order valence-corrected chi connectivity index (χ0v) is 11.7.